The van der Waals surface area contributed by atoms with E-state index in [1.54, 1.807) is 0 Å². The van der Waals surface area contributed by atoms with Gasteiger partial charge in [0.05, 0.1) is 11.2 Å². The van der Waals surface area contributed by atoms with Crippen LogP contribution in [0.3, 0.4) is 0 Å². The Bertz CT molecular complexity index is 536. The Kier molecular flexibility index (Phi) is 4.43. The summed E-state index contributed by atoms with van der Waals surface area (Å²) in [5, 5.41) is 0. The third kappa shape index (κ3) is 4.25. The lowest BCUT2D eigenvalue weighted by Gasteiger charge is -2.47. The van der Waals surface area contributed by atoms with E-state index in [9.17, 15) is 0 Å². The van der Waals surface area contributed by atoms with E-state index < -0.39 is 0 Å². The second-order valence-corrected chi connectivity index (χ2v) is 7.71. The van der Waals surface area contributed by atoms with Gasteiger partial charge in [-0.2, -0.15) is 0 Å². The van der Waals surface area contributed by atoms with Gasteiger partial charge >= 0.3 is 0 Å². The predicted octanol–water partition coefficient (Wildman–Crippen LogP) is 3.02. The first kappa shape index (κ1) is 16.4. The highest BCUT2D eigenvalue weighted by molar-refractivity contribution is 7.80. The monoisotopic (exact) mass is 306 g/mol. The van der Waals surface area contributed by atoms with E-state index in [2.05, 4.69) is 51.7 Å². The van der Waals surface area contributed by atoms with E-state index in [1.165, 1.54) is 11.1 Å². The number of nitrogens with two attached hydrogens (primary N) is 1. The van der Waals surface area contributed by atoms with Crippen molar-refractivity contribution in [3.63, 3.8) is 0 Å². The summed E-state index contributed by atoms with van der Waals surface area (Å²) in [6, 6.07) is 6.23. The van der Waals surface area contributed by atoms with Crippen LogP contribution in [0.2, 0.25) is 0 Å². The van der Waals surface area contributed by atoms with Crippen molar-refractivity contribution in [1.82, 2.24) is 4.90 Å². The normalized spacial score (nSPS) is 21.2. The summed E-state index contributed by atoms with van der Waals surface area (Å²) < 4.78 is 6.13. The number of morpholine rings is 1. The molecule has 0 atom stereocenters. The van der Waals surface area contributed by atoms with Gasteiger partial charge in [-0.25, -0.2) is 0 Å². The van der Waals surface area contributed by atoms with Crippen LogP contribution in [0, 0.1) is 6.92 Å². The molecule has 0 bridgehead atoms. The Balaban J connectivity index is 2.16. The van der Waals surface area contributed by atoms with Gasteiger partial charge in [-0.05, 0) is 51.8 Å². The highest BCUT2D eigenvalue weighted by Crippen LogP contribution is 2.29. The molecule has 1 saturated heterocycles. The number of ether oxygens (including phenoxy) is 1. The summed E-state index contributed by atoms with van der Waals surface area (Å²) in [4.78, 5) is 2.92. The Labute approximate surface area is 133 Å². The SMILES string of the molecule is Cc1cc(C(N)=S)ccc1CN1CC(C)(C)OC(C)(C)C1. The van der Waals surface area contributed by atoms with Gasteiger partial charge in [0.25, 0.3) is 0 Å². The number of benzene rings is 1. The van der Waals surface area contributed by atoms with Crippen molar-refractivity contribution in [1.29, 1.82) is 0 Å². The van der Waals surface area contributed by atoms with Crippen molar-refractivity contribution in [2.75, 3.05) is 13.1 Å². The number of aryl methyl sites for hydroxylation is 1. The predicted molar refractivity (Wildman–Crippen MR) is 91.6 cm³/mol. The van der Waals surface area contributed by atoms with Crippen LogP contribution < -0.4 is 5.73 Å². The number of hydrogen-bond acceptors (Lipinski definition) is 3. The highest BCUT2D eigenvalue weighted by atomic mass is 32.1. The first-order chi connectivity index (χ1) is 9.58. The summed E-state index contributed by atoms with van der Waals surface area (Å²) in [5.41, 5.74) is 8.96. The van der Waals surface area contributed by atoms with Crippen molar-refractivity contribution in [3.8, 4) is 0 Å². The zero-order chi connectivity index (χ0) is 15.8. The van der Waals surface area contributed by atoms with E-state index in [-0.39, 0.29) is 11.2 Å². The lowest BCUT2D eigenvalue weighted by molar-refractivity contribution is -0.182. The third-order valence-electron chi connectivity index (χ3n) is 3.78. The van der Waals surface area contributed by atoms with E-state index in [4.69, 9.17) is 22.7 Å². The smallest absolute Gasteiger partial charge is 0.103 e. The maximum atomic E-state index is 6.13. The molecule has 0 saturated carbocycles. The van der Waals surface area contributed by atoms with Crippen LogP contribution >= 0.6 is 12.2 Å². The zero-order valence-corrected chi connectivity index (χ0v) is 14.5. The summed E-state index contributed by atoms with van der Waals surface area (Å²) in [5.74, 6) is 0. The largest absolute Gasteiger partial charge is 0.389 e. The molecular weight excluding hydrogens is 280 g/mol. The molecule has 1 aliphatic heterocycles. The molecular formula is C17H26N2OS. The second kappa shape index (κ2) is 5.67. The molecule has 0 amide bonds. The second-order valence-electron chi connectivity index (χ2n) is 7.27. The fourth-order valence-corrected chi connectivity index (χ4v) is 3.45. The molecule has 0 aromatic heterocycles. The highest BCUT2D eigenvalue weighted by Gasteiger charge is 2.37. The molecule has 4 heteroatoms. The summed E-state index contributed by atoms with van der Waals surface area (Å²) >= 11 is 5.04. The van der Waals surface area contributed by atoms with Gasteiger partial charge in [-0.1, -0.05) is 24.4 Å². The van der Waals surface area contributed by atoms with Crippen molar-refractivity contribution in [2.24, 2.45) is 5.73 Å². The van der Waals surface area contributed by atoms with Gasteiger partial charge in [0.1, 0.15) is 4.99 Å². The van der Waals surface area contributed by atoms with Gasteiger partial charge in [-0.15, -0.1) is 0 Å². The number of thiocarbonyl (C=S) groups is 1. The van der Waals surface area contributed by atoms with Gasteiger partial charge in [0, 0.05) is 25.2 Å². The molecule has 0 spiro atoms. The molecule has 0 radical (unpaired) electrons. The zero-order valence-electron chi connectivity index (χ0n) is 13.7. The number of nitrogens with zero attached hydrogens (tertiary/aromatic N) is 1. The lowest BCUT2D eigenvalue weighted by Crippen LogP contribution is -2.56. The average molecular weight is 306 g/mol. The maximum Gasteiger partial charge on any atom is 0.103 e. The third-order valence-corrected chi connectivity index (χ3v) is 4.02. The van der Waals surface area contributed by atoms with E-state index >= 15 is 0 Å². The summed E-state index contributed by atoms with van der Waals surface area (Å²) in [7, 11) is 0. The molecule has 1 heterocycles. The van der Waals surface area contributed by atoms with Crippen LogP contribution in [-0.4, -0.2) is 34.2 Å². The van der Waals surface area contributed by atoms with Gasteiger partial charge < -0.3 is 10.5 Å². The van der Waals surface area contributed by atoms with Crippen LogP contribution in [0.4, 0.5) is 0 Å². The van der Waals surface area contributed by atoms with Crippen molar-refractivity contribution < 1.29 is 4.74 Å². The molecule has 2 N–H and O–H groups in total. The van der Waals surface area contributed by atoms with Crippen molar-refractivity contribution >= 4 is 17.2 Å². The molecule has 0 unspecified atom stereocenters. The molecule has 0 aliphatic carbocycles. The van der Waals surface area contributed by atoms with Crippen molar-refractivity contribution in [3.05, 3.63) is 34.9 Å². The molecule has 3 nitrogen and oxygen atoms in total. The Hall–Kier alpha value is -0.970. The van der Waals surface area contributed by atoms with Gasteiger partial charge in [0.2, 0.25) is 0 Å². The van der Waals surface area contributed by atoms with Gasteiger partial charge in [-0.3, -0.25) is 4.90 Å². The Morgan fingerprint density at radius 3 is 2.29 bits per heavy atom. The Morgan fingerprint density at radius 1 is 1.24 bits per heavy atom. The topological polar surface area (TPSA) is 38.5 Å². The molecule has 21 heavy (non-hydrogen) atoms. The lowest BCUT2D eigenvalue weighted by atomic mass is 9.97. The molecule has 116 valence electrons. The van der Waals surface area contributed by atoms with E-state index in [0.717, 1.165) is 25.2 Å². The van der Waals surface area contributed by atoms with Crippen LogP contribution in [0.25, 0.3) is 0 Å². The molecule has 1 aromatic rings. The molecule has 1 aromatic carbocycles. The quantitative estimate of drug-likeness (QED) is 0.871. The van der Waals surface area contributed by atoms with Gasteiger partial charge in [0.15, 0.2) is 0 Å². The first-order valence-electron chi connectivity index (χ1n) is 7.40. The fourth-order valence-electron chi connectivity index (χ4n) is 3.32. The van der Waals surface area contributed by atoms with E-state index in [0.29, 0.717) is 4.99 Å². The number of hydrogen-bond donors (Lipinski definition) is 1. The summed E-state index contributed by atoms with van der Waals surface area (Å²) in [6.45, 7) is 13.5. The van der Waals surface area contributed by atoms with Crippen LogP contribution in [0.15, 0.2) is 18.2 Å². The standard InChI is InChI=1S/C17H26N2OS/c1-12-8-13(15(18)21)6-7-14(12)9-19-10-16(2,3)20-17(4,5)11-19/h6-8H,9-11H2,1-5H3,(H2,18,21). The van der Waals surface area contributed by atoms with Crippen LogP contribution in [-0.2, 0) is 11.3 Å². The molecule has 1 aliphatic rings. The maximum absolute atomic E-state index is 6.13. The first-order valence-corrected chi connectivity index (χ1v) is 7.81. The minimum absolute atomic E-state index is 0.117. The van der Waals surface area contributed by atoms with E-state index in [1.807, 2.05) is 6.07 Å². The average Bonchev–Trinajstić information content (AvgIpc) is 2.27. The fraction of sp³-hybridized carbons (Fsp3) is 0.588. The molecule has 1 fully saturated rings. The van der Waals surface area contributed by atoms with Crippen LogP contribution in [0.5, 0.6) is 0 Å². The van der Waals surface area contributed by atoms with Crippen LogP contribution in [0.1, 0.15) is 44.4 Å². The van der Waals surface area contributed by atoms with Crippen molar-refractivity contribution in [2.45, 2.75) is 52.4 Å². The number of rotatable bonds is 3. The Morgan fingerprint density at radius 2 is 1.81 bits per heavy atom. The minimum atomic E-state index is -0.117. The summed E-state index contributed by atoms with van der Waals surface area (Å²) in [6.07, 6.45) is 0. The molecule has 2 rings (SSSR count). The minimum Gasteiger partial charge on any atom is -0.389 e.